The Hall–Kier alpha value is -4.56. The van der Waals surface area contributed by atoms with E-state index in [0.29, 0.717) is 6.61 Å². The Morgan fingerprint density at radius 2 is 1.17 bits per heavy atom. The minimum absolute atomic E-state index is 0.0199. The first-order chi connectivity index (χ1) is 28.5. The van der Waals surface area contributed by atoms with Crippen LogP contribution in [0.4, 0.5) is 5.82 Å². The fourth-order valence-electron chi connectivity index (χ4n) is 5.49. The molecule has 1 aromatic heterocycles. The maximum atomic E-state index is 13.0. The third kappa shape index (κ3) is 25.5. The molecule has 18 nitrogen and oxygen atoms in total. The van der Waals surface area contributed by atoms with Gasteiger partial charge in [0.25, 0.3) is 15.9 Å². The number of carbonyl (C=O) groups is 4. The fourth-order valence-corrected chi connectivity index (χ4v) is 6.52. The van der Waals surface area contributed by atoms with E-state index in [2.05, 4.69) is 20.3 Å². The molecule has 0 spiro atoms. The number of phenolic OH excluding ortho intramolecular Hbond substituents is 1. The topological polar surface area (TPSA) is 258 Å². The van der Waals surface area contributed by atoms with Crippen molar-refractivity contribution < 1.29 is 66.6 Å². The number of nitrogens with one attached hydrogen (secondary N) is 3. The number of aliphatic carboxylic acids is 2. The first-order valence-corrected chi connectivity index (χ1v) is 21.7. The van der Waals surface area contributed by atoms with Gasteiger partial charge in [-0.05, 0) is 37.1 Å². The highest BCUT2D eigenvalue weighted by Crippen LogP contribution is 2.29. The molecule has 0 fully saturated rings. The molecule has 332 valence electrons. The van der Waals surface area contributed by atoms with E-state index in [1.165, 1.54) is 69.0 Å². The lowest BCUT2D eigenvalue weighted by atomic mass is 10.0. The highest BCUT2D eigenvalue weighted by molar-refractivity contribution is 7.92. The van der Waals surface area contributed by atoms with E-state index in [1.807, 2.05) is 0 Å². The first-order valence-electron chi connectivity index (χ1n) is 20.2. The Morgan fingerprint density at radius 1 is 0.610 bits per heavy atom. The zero-order chi connectivity index (χ0) is 43.0. The number of hydrogen-bond acceptors (Lipinski definition) is 13. The summed E-state index contributed by atoms with van der Waals surface area (Å²) in [6, 6.07) is 6.61. The summed E-state index contributed by atoms with van der Waals surface area (Å²) >= 11 is 0. The second kappa shape index (κ2) is 31.4. The molecular weight excluding hydrogens is 793 g/mol. The van der Waals surface area contributed by atoms with Crippen molar-refractivity contribution in [1.29, 1.82) is 0 Å². The van der Waals surface area contributed by atoms with Gasteiger partial charge in [0.15, 0.2) is 11.5 Å². The summed E-state index contributed by atoms with van der Waals surface area (Å²) in [5.41, 5.74) is 0.198. The summed E-state index contributed by atoms with van der Waals surface area (Å²) in [6.07, 6.45) is 15.7. The molecule has 0 aliphatic carbocycles. The van der Waals surface area contributed by atoms with Crippen molar-refractivity contribution in [2.75, 3.05) is 77.3 Å². The molecule has 59 heavy (non-hydrogen) atoms. The zero-order valence-electron chi connectivity index (χ0n) is 33.8. The van der Waals surface area contributed by atoms with Crippen LogP contribution in [-0.2, 0) is 43.4 Å². The Kier molecular flexibility index (Phi) is 26.9. The van der Waals surface area contributed by atoms with Gasteiger partial charge in [0, 0.05) is 31.8 Å². The lowest BCUT2D eigenvalue weighted by molar-refractivity contribution is -0.143. The van der Waals surface area contributed by atoms with Crippen LogP contribution in [-0.4, -0.2) is 125 Å². The number of pyridine rings is 1. The number of benzene rings is 1. The molecule has 1 heterocycles. The molecule has 0 aliphatic rings. The lowest BCUT2D eigenvalue weighted by Crippen LogP contribution is -2.31. The fraction of sp³-hybridized carbons (Fsp3) is 0.625. The van der Waals surface area contributed by atoms with Crippen LogP contribution in [0.2, 0.25) is 0 Å². The molecule has 1 aromatic carbocycles. The third-order valence-corrected chi connectivity index (χ3v) is 9.95. The predicted octanol–water partition coefficient (Wildman–Crippen LogP) is 4.51. The summed E-state index contributed by atoms with van der Waals surface area (Å²) in [6.45, 7) is 1.39. The summed E-state index contributed by atoms with van der Waals surface area (Å²) in [4.78, 5) is 48.9. The van der Waals surface area contributed by atoms with Gasteiger partial charge in [-0.1, -0.05) is 70.6 Å². The maximum Gasteiger partial charge on any atom is 0.329 e. The molecule has 2 rings (SSSR count). The molecule has 19 heteroatoms. The summed E-state index contributed by atoms with van der Waals surface area (Å²) in [7, 11) is -4.10. The average Bonchev–Trinajstić information content (AvgIpc) is 3.20. The van der Waals surface area contributed by atoms with Crippen molar-refractivity contribution >= 4 is 39.6 Å². The van der Waals surface area contributed by atoms with E-state index in [9.17, 15) is 32.7 Å². The Bertz CT molecular complexity index is 1610. The van der Waals surface area contributed by atoms with E-state index < -0.39 is 34.5 Å². The monoisotopic (exact) mass is 854 g/mol. The number of amides is 2. The van der Waals surface area contributed by atoms with Crippen molar-refractivity contribution in [2.24, 2.45) is 0 Å². The molecule has 2 amide bonds. The Balaban J connectivity index is 1.52. The van der Waals surface area contributed by atoms with Gasteiger partial charge < -0.3 is 49.6 Å². The highest BCUT2D eigenvalue weighted by Gasteiger charge is 2.18. The van der Waals surface area contributed by atoms with E-state index in [4.69, 9.17) is 33.9 Å². The van der Waals surface area contributed by atoms with Gasteiger partial charge in [0.2, 0.25) is 5.91 Å². The smallest absolute Gasteiger partial charge is 0.329 e. The first kappa shape index (κ1) is 50.6. The second-order valence-corrected chi connectivity index (χ2v) is 15.3. The number of phenols is 1. The molecule has 6 N–H and O–H groups in total. The number of ether oxygens (including phenoxy) is 5. The lowest BCUT2D eigenvalue weighted by Gasteiger charge is -2.11. The van der Waals surface area contributed by atoms with Crippen LogP contribution >= 0.6 is 0 Å². The zero-order valence-corrected chi connectivity index (χ0v) is 34.6. The van der Waals surface area contributed by atoms with E-state index in [1.54, 1.807) is 0 Å². The largest absolute Gasteiger partial charge is 0.504 e. The minimum atomic E-state index is -4.10. The average molecular weight is 855 g/mol. The number of unbranched alkanes of at least 4 members (excludes halogenated alkanes) is 12. The maximum absolute atomic E-state index is 13.0. The normalized spacial score (nSPS) is 11.3. The van der Waals surface area contributed by atoms with E-state index in [-0.39, 0.29) is 99.4 Å². The number of carbonyl (C=O) groups excluding carboxylic acids is 2. The minimum Gasteiger partial charge on any atom is -0.504 e. The van der Waals surface area contributed by atoms with Crippen molar-refractivity contribution in [1.82, 2.24) is 15.6 Å². The van der Waals surface area contributed by atoms with E-state index in [0.717, 1.165) is 51.0 Å². The van der Waals surface area contributed by atoms with Gasteiger partial charge in [-0.3, -0.25) is 19.1 Å². The molecule has 0 atom stereocenters. The number of rotatable bonds is 37. The quantitative estimate of drug-likeness (QED) is 0.0511. The Morgan fingerprint density at radius 3 is 1.73 bits per heavy atom. The van der Waals surface area contributed by atoms with E-state index >= 15 is 0 Å². The van der Waals surface area contributed by atoms with Gasteiger partial charge in [-0.25, -0.2) is 18.2 Å². The molecular formula is C40H62N4O14S. The van der Waals surface area contributed by atoms with Crippen LogP contribution in [0.5, 0.6) is 11.5 Å². The molecule has 0 saturated heterocycles. The van der Waals surface area contributed by atoms with Crippen molar-refractivity contribution in [3.8, 4) is 11.5 Å². The summed E-state index contributed by atoms with van der Waals surface area (Å²) in [5, 5.41) is 32.8. The predicted molar refractivity (Wildman–Crippen MR) is 217 cm³/mol. The number of carboxylic acid groups (broad SMARTS) is 2. The molecule has 0 aliphatic heterocycles. The van der Waals surface area contributed by atoms with Gasteiger partial charge in [-0.15, -0.1) is 0 Å². The molecule has 0 bridgehead atoms. The van der Waals surface area contributed by atoms with Crippen molar-refractivity contribution in [2.45, 2.75) is 94.8 Å². The number of hydrogen-bond donors (Lipinski definition) is 6. The van der Waals surface area contributed by atoms with Crippen LogP contribution in [0.15, 0.2) is 41.4 Å². The van der Waals surface area contributed by atoms with Gasteiger partial charge >= 0.3 is 11.9 Å². The molecule has 0 unspecified atom stereocenters. The SMILES string of the molecule is O=C(O)CCCCCCCCCCCCCCCOc1ccc(S(=O)(=O)Nc2ccc(C(=O)NCCOCCOCC(=O)NCCOCCOCC(=O)O)cn2)cc1O. The van der Waals surface area contributed by atoms with Crippen LogP contribution in [0.3, 0.4) is 0 Å². The van der Waals surface area contributed by atoms with Crippen molar-refractivity contribution in [3.05, 3.63) is 42.1 Å². The number of anilines is 1. The Labute approximate surface area is 346 Å². The number of carboxylic acids is 2. The number of aromatic hydroxyl groups is 1. The number of nitrogens with zero attached hydrogens (tertiary/aromatic N) is 1. The molecule has 0 radical (unpaired) electrons. The van der Waals surface area contributed by atoms with Crippen LogP contribution < -0.4 is 20.1 Å². The van der Waals surface area contributed by atoms with Crippen LogP contribution in [0.1, 0.15) is 100 Å². The molecule has 2 aromatic rings. The van der Waals surface area contributed by atoms with Crippen LogP contribution in [0, 0.1) is 0 Å². The van der Waals surface area contributed by atoms with Gasteiger partial charge in [0.1, 0.15) is 19.0 Å². The highest BCUT2D eigenvalue weighted by atomic mass is 32.2. The number of aromatic nitrogens is 1. The van der Waals surface area contributed by atoms with Crippen molar-refractivity contribution in [3.63, 3.8) is 0 Å². The number of sulfonamides is 1. The van der Waals surface area contributed by atoms with Gasteiger partial charge in [0.05, 0.1) is 56.7 Å². The van der Waals surface area contributed by atoms with Crippen LogP contribution in [0.25, 0.3) is 0 Å². The standard InChI is InChI=1S/C40H62N4O14S/c45-34-28-33(16-17-35(34)58-21-13-11-9-7-5-3-1-2-4-6-8-10-12-14-38(47)48)59(52,53)44-36-18-15-32(29-43-36)40(51)42-20-23-55-24-26-56-30-37(46)41-19-22-54-25-27-57-31-39(49)50/h15-18,28-29,45H,1-14,19-27,30-31H2,(H,41,46)(H,42,51)(H,43,44)(H,47,48)(H,49,50). The molecule has 0 saturated carbocycles. The third-order valence-electron chi connectivity index (χ3n) is 8.60. The summed E-state index contributed by atoms with van der Waals surface area (Å²) < 4.78 is 54.6. The van der Waals surface area contributed by atoms with Gasteiger partial charge in [-0.2, -0.15) is 0 Å². The second-order valence-electron chi connectivity index (χ2n) is 13.6. The summed E-state index contributed by atoms with van der Waals surface area (Å²) in [5.74, 6) is -2.68.